The number of methoxy groups -OCH3 is 1. The number of hydrogen-bond donors (Lipinski definition) is 1. The van der Waals surface area contributed by atoms with Crippen molar-refractivity contribution >= 4 is 38.8 Å². The first-order chi connectivity index (χ1) is 18.0. The number of rotatable bonds is 9. The van der Waals surface area contributed by atoms with Crippen LogP contribution in [0.5, 0.6) is 17.2 Å². The van der Waals surface area contributed by atoms with Crippen LogP contribution in [-0.4, -0.2) is 25.8 Å². The second-order valence-electron chi connectivity index (χ2n) is 7.92. The third-order valence-corrected chi connectivity index (χ3v) is 6.12. The molecule has 37 heavy (non-hydrogen) atoms. The van der Waals surface area contributed by atoms with E-state index < -0.39 is 0 Å². The van der Waals surface area contributed by atoms with Crippen LogP contribution in [0.1, 0.15) is 34.0 Å². The summed E-state index contributed by atoms with van der Waals surface area (Å²) in [5, 5.41) is 15.4. The van der Waals surface area contributed by atoms with Crippen molar-refractivity contribution in [3.63, 3.8) is 0 Å². The molecule has 4 rings (SSSR count). The Morgan fingerprint density at radius 2 is 1.76 bits per heavy atom. The van der Waals surface area contributed by atoms with Crippen LogP contribution in [0.4, 0.5) is 0 Å². The van der Waals surface area contributed by atoms with Crippen molar-refractivity contribution in [3.8, 4) is 23.3 Å². The SMILES string of the molecule is CCOc1cc(/C=N\NC(=O)c2cc3ccccc3cc2OC)cc(Br)c1OCc1ccccc1C#N. The number of ether oxygens (including phenoxy) is 3. The normalized spacial score (nSPS) is 10.8. The van der Waals surface area contributed by atoms with Crippen LogP contribution >= 0.6 is 15.9 Å². The second-order valence-corrected chi connectivity index (χ2v) is 8.77. The molecule has 0 aromatic heterocycles. The summed E-state index contributed by atoms with van der Waals surface area (Å²) in [7, 11) is 1.53. The van der Waals surface area contributed by atoms with Crippen molar-refractivity contribution in [2.75, 3.05) is 13.7 Å². The zero-order chi connectivity index (χ0) is 26.2. The van der Waals surface area contributed by atoms with Gasteiger partial charge >= 0.3 is 0 Å². The molecule has 1 N–H and O–H groups in total. The van der Waals surface area contributed by atoms with Crippen LogP contribution in [0.25, 0.3) is 10.8 Å². The van der Waals surface area contributed by atoms with Gasteiger partial charge in [0.2, 0.25) is 0 Å². The molecule has 0 bridgehead atoms. The van der Waals surface area contributed by atoms with Crippen molar-refractivity contribution in [2.45, 2.75) is 13.5 Å². The van der Waals surface area contributed by atoms with Gasteiger partial charge in [0.15, 0.2) is 11.5 Å². The number of hydrogen-bond acceptors (Lipinski definition) is 6. The van der Waals surface area contributed by atoms with Crippen LogP contribution in [0.2, 0.25) is 0 Å². The Balaban J connectivity index is 1.52. The summed E-state index contributed by atoms with van der Waals surface area (Å²) in [5.74, 6) is 1.10. The molecule has 0 atom stereocenters. The molecule has 0 aliphatic carbocycles. The van der Waals surface area contributed by atoms with E-state index >= 15 is 0 Å². The molecule has 0 radical (unpaired) electrons. The topological polar surface area (TPSA) is 92.9 Å². The smallest absolute Gasteiger partial charge is 0.275 e. The molecule has 8 heteroatoms. The monoisotopic (exact) mass is 557 g/mol. The van der Waals surface area contributed by atoms with Crippen molar-refractivity contribution in [3.05, 3.63) is 99.5 Å². The van der Waals surface area contributed by atoms with Crippen molar-refractivity contribution < 1.29 is 19.0 Å². The summed E-state index contributed by atoms with van der Waals surface area (Å²) in [4.78, 5) is 12.8. The molecule has 0 saturated carbocycles. The maximum atomic E-state index is 12.8. The minimum atomic E-state index is -0.390. The lowest BCUT2D eigenvalue weighted by Gasteiger charge is -2.15. The Morgan fingerprint density at radius 1 is 1.03 bits per heavy atom. The summed E-state index contributed by atoms with van der Waals surface area (Å²) in [6, 6.07) is 24.4. The molecule has 0 aliphatic heterocycles. The maximum absolute atomic E-state index is 12.8. The number of benzene rings is 4. The zero-order valence-corrected chi connectivity index (χ0v) is 21.9. The quantitative estimate of drug-likeness (QED) is 0.194. The van der Waals surface area contributed by atoms with E-state index in [4.69, 9.17) is 14.2 Å². The summed E-state index contributed by atoms with van der Waals surface area (Å²) in [6.07, 6.45) is 1.52. The molecule has 0 aliphatic rings. The van der Waals surface area contributed by atoms with Gasteiger partial charge in [-0.25, -0.2) is 5.43 Å². The number of fused-ring (bicyclic) bond motifs is 1. The number of nitrogens with zero attached hydrogens (tertiary/aromatic N) is 2. The van der Waals surface area contributed by atoms with Gasteiger partial charge in [0.25, 0.3) is 5.91 Å². The van der Waals surface area contributed by atoms with E-state index in [0.29, 0.717) is 45.0 Å². The molecule has 186 valence electrons. The third kappa shape index (κ3) is 6.08. The van der Waals surface area contributed by atoms with Crippen molar-refractivity contribution in [1.29, 1.82) is 5.26 Å². The Hall–Kier alpha value is -4.35. The highest BCUT2D eigenvalue weighted by atomic mass is 79.9. The van der Waals surface area contributed by atoms with Crippen molar-refractivity contribution in [2.24, 2.45) is 5.10 Å². The predicted octanol–water partition coefficient (Wildman–Crippen LogP) is 6.22. The van der Waals surface area contributed by atoms with Gasteiger partial charge in [-0.05, 0) is 69.5 Å². The van der Waals surface area contributed by atoms with Crippen LogP contribution in [-0.2, 0) is 6.61 Å². The Labute approximate surface area is 223 Å². The number of nitriles is 1. The van der Waals surface area contributed by atoms with Gasteiger partial charge in [-0.1, -0.05) is 42.5 Å². The standard InChI is InChI=1S/C29H24BrN3O4/c1-3-36-27-13-19(12-25(30)28(27)37-18-23-11-7-6-10-22(23)16-31)17-32-33-29(34)24-14-20-8-4-5-9-21(20)15-26(24)35-2/h4-15,17H,3,18H2,1-2H3,(H,33,34)/b32-17-. The van der Waals surface area contributed by atoms with E-state index in [1.807, 2.05) is 55.5 Å². The van der Waals surface area contributed by atoms with Gasteiger partial charge in [0, 0.05) is 5.56 Å². The van der Waals surface area contributed by atoms with E-state index in [2.05, 4.69) is 32.5 Å². The van der Waals surface area contributed by atoms with Gasteiger partial charge in [0.1, 0.15) is 12.4 Å². The second kappa shape index (κ2) is 12.1. The van der Waals surface area contributed by atoms with E-state index in [1.165, 1.54) is 13.3 Å². The number of hydrazone groups is 1. The highest BCUT2D eigenvalue weighted by Crippen LogP contribution is 2.37. The van der Waals surface area contributed by atoms with Crippen LogP contribution in [0.3, 0.4) is 0 Å². The fraction of sp³-hybridized carbons (Fsp3) is 0.138. The number of carbonyl (C=O) groups excluding carboxylic acids is 1. The summed E-state index contributed by atoms with van der Waals surface area (Å²) in [5.41, 5.74) is 4.96. The molecule has 4 aromatic rings. The maximum Gasteiger partial charge on any atom is 0.275 e. The lowest BCUT2D eigenvalue weighted by atomic mass is 10.1. The number of halogens is 1. The minimum Gasteiger partial charge on any atom is -0.496 e. The number of carbonyl (C=O) groups is 1. The molecule has 0 unspecified atom stereocenters. The molecule has 7 nitrogen and oxygen atoms in total. The van der Waals surface area contributed by atoms with E-state index in [1.54, 1.807) is 24.3 Å². The summed E-state index contributed by atoms with van der Waals surface area (Å²) in [6.45, 7) is 2.51. The van der Waals surface area contributed by atoms with Crippen LogP contribution in [0, 0.1) is 11.3 Å². The predicted molar refractivity (Wildman–Crippen MR) is 146 cm³/mol. The first-order valence-corrected chi connectivity index (χ1v) is 12.3. The largest absolute Gasteiger partial charge is 0.496 e. The number of nitrogens with one attached hydrogen (secondary N) is 1. The molecule has 0 spiro atoms. The molecular weight excluding hydrogens is 534 g/mol. The first kappa shape index (κ1) is 25.7. The minimum absolute atomic E-state index is 0.208. The lowest BCUT2D eigenvalue weighted by Crippen LogP contribution is -2.18. The fourth-order valence-corrected chi connectivity index (χ4v) is 4.34. The summed E-state index contributed by atoms with van der Waals surface area (Å²) >= 11 is 3.54. The lowest BCUT2D eigenvalue weighted by molar-refractivity contribution is 0.0952. The summed E-state index contributed by atoms with van der Waals surface area (Å²) < 4.78 is 17.9. The van der Waals surface area contributed by atoms with E-state index in [0.717, 1.165) is 16.3 Å². The van der Waals surface area contributed by atoms with Gasteiger partial charge in [-0.2, -0.15) is 10.4 Å². The highest BCUT2D eigenvalue weighted by molar-refractivity contribution is 9.10. The Kier molecular flexibility index (Phi) is 8.39. The van der Waals surface area contributed by atoms with Gasteiger partial charge < -0.3 is 14.2 Å². The molecule has 0 saturated heterocycles. The molecule has 1 amide bonds. The average molecular weight is 558 g/mol. The zero-order valence-electron chi connectivity index (χ0n) is 20.3. The fourth-order valence-electron chi connectivity index (χ4n) is 3.76. The van der Waals surface area contributed by atoms with Gasteiger partial charge in [-0.15, -0.1) is 0 Å². The first-order valence-electron chi connectivity index (χ1n) is 11.5. The van der Waals surface area contributed by atoms with Gasteiger partial charge in [0.05, 0.1) is 41.6 Å². The number of amides is 1. The Bertz CT molecular complexity index is 1510. The van der Waals surface area contributed by atoms with Crippen LogP contribution in [0.15, 0.2) is 82.4 Å². The van der Waals surface area contributed by atoms with E-state index in [-0.39, 0.29) is 12.5 Å². The molecular formula is C29H24BrN3O4. The van der Waals surface area contributed by atoms with Gasteiger partial charge in [-0.3, -0.25) is 4.79 Å². The molecule has 0 fully saturated rings. The third-order valence-electron chi connectivity index (χ3n) is 5.53. The molecule has 4 aromatic carbocycles. The Morgan fingerprint density at radius 3 is 2.49 bits per heavy atom. The molecule has 0 heterocycles. The average Bonchev–Trinajstić information content (AvgIpc) is 2.92. The van der Waals surface area contributed by atoms with Crippen LogP contribution < -0.4 is 19.6 Å². The van der Waals surface area contributed by atoms with E-state index in [9.17, 15) is 10.1 Å². The van der Waals surface area contributed by atoms with Crippen molar-refractivity contribution in [1.82, 2.24) is 5.43 Å². The highest BCUT2D eigenvalue weighted by Gasteiger charge is 2.15.